The van der Waals surface area contributed by atoms with E-state index in [1.807, 2.05) is 19.2 Å². The van der Waals surface area contributed by atoms with Crippen molar-refractivity contribution >= 4 is 23.2 Å². The third-order valence-corrected chi connectivity index (χ3v) is 5.09. The van der Waals surface area contributed by atoms with E-state index in [0.717, 1.165) is 24.8 Å². The molecular weight excluding hydrogens is 286 g/mol. The third kappa shape index (κ3) is 3.46. The van der Waals surface area contributed by atoms with Crippen molar-refractivity contribution in [1.29, 1.82) is 0 Å². The van der Waals surface area contributed by atoms with Gasteiger partial charge in [-0.25, -0.2) is 0 Å². The van der Waals surface area contributed by atoms with Crippen molar-refractivity contribution in [2.45, 2.75) is 46.1 Å². The Kier molecular flexibility index (Phi) is 5.04. The topological polar surface area (TPSA) is 46.6 Å². The molecule has 116 valence electrons. The summed E-state index contributed by atoms with van der Waals surface area (Å²) in [7, 11) is 1.35. The number of hydrogen-bond donors (Lipinski definition) is 0. The van der Waals surface area contributed by atoms with Crippen molar-refractivity contribution in [2.75, 3.05) is 13.7 Å². The molecule has 0 bridgehead atoms. The maximum atomic E-state index is 12.8. The van der Waals surface area contributed by atoms with Crippen LogP contribution in [0.5, 0.6) is 0 Å². The van der Waals surface area contributed by atoms with Gasteiger partial charge in [-0.2, -0.15) is 0 Å². The lowest BCUT2D eigenvalue weighted by molar-refractivity contribution is -0.141. The minimum atomic E-state index is -0.380. The molecule has 2 rings (SSSR count). The quantitative estimate of drug-likeness (QED) is 0.803. The van der Waals surface area contributed by atoms with Gasteiger partial charge in [0.1, 0.15) is 6.54 Å². The standard InChI is InChI=1S/C16H23NO3S/c1-10(2)17(8-15(18)20-4)16(19)13-9-21-14-7-11(3)5-6-12(13)14/h9-11H,5-8H2,1-4H3. The van der Waals surface area contributed by atoms with Crippen LogP contribution in [0.4, 0.5) is 0 Å². The van der Waals surface area contributed by atoms with Crippen molar-refractivity contribution in [3.63, 3.8) is 0 Å². The number of amides is 1. The first-order chi connectivity index (χ1) is 9.93. The molecule has 1 atom stereocenters. The smallest absolute Gasteiger partial charge is 0.325 e. The Morgan fingerprint density at radius 2 is 2.19 bits per heavy atom. The highest BCUT2D eigenvalue weighted by atomic mass is 32.1. The van der Waals surface area contributed by atoms with E-state index in [2.05, 4.69) is 6.92 Å². The molecule has 0 aromatic carbocycles. The van der Waals surface area contributed by atoms with Gasteiger partial charge in [-0.15, -0.1) is 11.3 Å². The van der Waals surface area contributed by atoms with Crippen molar-refractivity contribution in [1.82, 2.24) is 4.90 Å². The van der Waals surface area contributed by atoms with E-state index in [1.165, 1.54) is 17.6 Å². The predicted octanol–water partition coefficient (Wildman–Crippen LogP) is 2.90. The molecule has 1 aromatic heterocycles. The number of fused-ring (bicyclic) bond motifs is 1. The molecule has 4 nitrogen and oxygen atoms in total. The number of carbonyl (C=O) groups excluding carboxylic acids is 2. The number of nitrogens with zero attached hydrogens (tertiary/aromatic N) is 1. The van der Waals surface area contributed by atoms with Crippen LogP contribution in [-0.2, 0) is 22.4 Å². The zero-order chi connectivity index (χ0) is 15.6. The van der Waals surface area contributed by atoms with Gasteiger partial charge in [0.2, 0.25) is 0 Å². The minimum Gasteiger partial charge on any atom is -0.468 e. The average molecular weight is 309 g/mol. The van der Waals surface area contributed by atoms with Gasteiger partial charge >= 0.3 is 5.97 Å². The largest absolute Gasteiger partial charge is 0.468 e. The highest BCUT2D eigenvalue weighted by Gasteiger charge is 2.28. The second kappa shape index (κ2) is 6.60. The van der Waals surface area contributed by atoms with E-state index in [4.69, 9.17) is 4.74 Å². The Morgan fingerprint density at radius 1 is 1.48 bits per heavy atom. The van der Waals surface area contributed by atoms with E-state index < -0.39 is 0 Å². The average Bonchev–Trinajstić information content (AvgIpc) is 2.86. The number of esters is 1. The Labute approximate surface area is 130 Å². The van der Waals surface area contributed by atoms with Crippen molar-refractivity contribution in [3.05, 3.63) is 21.4 Å². The van der Waals surface area contributed by atoms with Crippen LogP contribution in [0.3, 0.4) is 0 Å². The van der Waals surface area contributed by atoms with Crippen LogP contribution < -0.4 is 0 Å². The van der Waals surface area contributed by atoms with E-state index in [0.29, 0.717) is 5.92 Å². The molecule has 1 aliphatic rings. The first kappa shape index (κ1) is 16.0. The maximum absolute atomic E-state index is 12.8. The van der Waals surface area contributed by atoms with Crippen LogP contribution in [0.25, 0.3) is 0 Å². The number of ether oxygens (including phenoxy) is 1. The molecular formula is C16H23NO3S. The molecule has 21 heavy (non-hydrogen) atoms. The van der Waals surface area contributed by atoms with Gasteiger partial charge in [-0.1, -0.05) is 6.92 Å². The van der Waals surface area contributed by atoms with E-state index in [9.17, 15) is 9.59 Å². The Bertz CT molecular complexity index is 536. The maximum Gasteiger partial charge on any atom is 0.325 e. The molecule has 1 unspecified atom stereocenters. The fourth-order valence-electron chi connectivity index (χ4n) is 2.70. The van der Waals surface area contributed by atoms with E-state index >= 15 is 0 Å². The second-order valence-electron chi connectivity index (χ2n) is 6.00. The predicted molar refractivity (Wildman–Crippen MR) is 83.7 cm³/mol. The lowest BCUT2D eigenvalue weighted by Gasteiger charge is -2.26. The second-order valence-corrected chi connectivity index (χ2v) is 6.97. The summed E-state index contributed by atoms with van der Waals surface area (Å²) in [5, 5.41) is 1.96. The minimum absolute atomic E-state index is 0.00796. The van der Waals surface area contributed by atoms with Crippen LogP contribution in [0.15, 0.2) is 5.38 Å². The highest BCUT2D eigenvalue weighted by molar-refractivity contribution is 7.10. The molecule has 1 heterocycles. The molecule has 1 amide bonds. The van der Waals surface area contributed by atoms with Crippen LogP contribution in [-0.4, -0.2) is 36.5 Å². The highest BCUT2D eigenvalue weighted by Crippen LogP contribution is 2.33. The molecule has 0 saturated carbocycles. The summed E-state index contributed by atoms with van der Waals surface area (Å²) in [4.78, 5) is 27.2. The van der Waals surface area contributed by atoms with Gasteiger partial charge in [0.25, 0.3) is 5.91 Å². The SMILES string of the molecule is COC(=O)CN(C(=O)c1csc2c1CCC(C)C2)C(C)C. The fourth-order valence-corrected chi connectivity index (χ4v) is 3.94. The zero-order valence-corrected chi connectivity index (χ0v) is 14.0. The first-order valence-corrected chi connectivity index (χ1v) is 8.29. The van der Waals surface area contributed by atoms with E-state index in [-0.39, 0.29) is 24.5 Å². The van der Waals surface area contributed by atoms with Gasteiger partial charge < -0.3 is 9.64 Å². The van der Waals surface area contributed by atoms with Gasteiger partial charge in [0, 0.05) is 16.3 Å². The molecule has 5 heteroatoms. The first-order valence-electron chi connectivity index (χ1n) is 7.41. The molecule has 1 aromatic rings. The van der Waals surface area contributed by atoms with Crippen molar-refractivity contribution in [2.24, 2.45) is 5.92 Å². The molecule has 0 aliphatic heterocycles. The summed E-state index contributed by atoms with van der Waals surface area (Å²) in [6.45, 7) is 6.10. The van der Waals surface area contributed by atoms with Crippen molar-refractivity contribution in [3.8, 4) is 0 Å². The monoisotopic (exact) mass is 309 g/mol. The summed E-state index contributed by atoms with van der Waals surface area (Å²) in [5.74, 6) is 0.257. The molecule has 0 saturated heterocycles. The van der Waals surface area contributed by atoms with Crippen LogP contribution in [0, 0.1) is 5.92 Å². The zero-order valence-electron chi connectivity index (χ0n) is 13.1. The molecule has 0 N–H and O–H groups in total. The number of rotatable bonds is 4. The van der Waals surface area contributed by atoms with E-state index in [1.54, 1.807) is 16.2 Å². The number of methoxy groups -OCH3 is 1. The summed E-state index contributed by atoms with van der Waals surface area (Å²) in [6.07, 6.45) is 3.15. The van der Waals surface area contributed by atoms with Gasteiger partial charge in [-0.3, -0.25) is 9.59 Å². The molecule has 1 aliphatic carbocycles. The summed E-state index contributed by atoms with van der Waals surface area (Å²) in [5.41, 5.74) is 1.97. The fraction of sp³-hybridized carbons (Fsp3) is 0.625. The normalized spacial score (nSPS) is 17.5. The number of hydrogen-bond acceptors (Lipinski definition) is 4. The van der Waals surface area contributed by atoms with Gasteiger partial charge in [-0.05, 0) is 44.6 Å². The summed E-state index contributed by atoms with van der Waals surface area (Å²) in [6, 6.07) is -0.0327. The summed E-state index contributed by atoms with van der Waals surface area (Å²) >= 11 is 1.67. The number of thiophene rings is 1. The summed E-state index contributed by atoms with van der Waals surface area (Å²) < 4.78 is 4.69. The third-order valence-electron chi connectivity index (χ3n) is 4.04. The van der Waals surface area contributed by atoms with Crippen LogP contribution >= 0.6 is 11.3 Å². The lowest BCUT2D eigenvalue weighted by Crippen LogP contribution is -2.41. The van der Waals surface area contributed by atoms with Crippen LogP contribution in [0.2, 0.25) is 0 Å². The van der Waals surface area contributed by atoms with Gasteiger partial charge in [0.15, 0.2) is 0 Å². The molecule has 0 spiro atoms. The lowest BCUT2D eigenvalue weighted by atomic mass is 9.88. The van der Waals surface area contributed by atoms with Crippen molar-refractivity contribution < 1.29 is 14.3 Å². The number of carbonyl (C=O) groups is 2. The molecule has 0 radical (unpaired) electrons. The molecule has 0 fully saturated rings. The van der Waals surface area contributed by atoms with Gasteiger partial charge in [0.05, 0.1) is 12.7 Å². The Morgan fingerprint density at radius 3 is 2.81 bits per heavy atom. The Hall–Kier alpha value is -1.36. The Balaban J connectivity index is 2.23. The van der Waals surface area contributed by atoms with Crippen LogP contribution in [0.1, 0.15) is 48.0 Å².